The zero-order valence-corrected chi connectivity index (χ0v) is 8.60. The number of benzene rings is 1. The van der Waals surface area contributed by atoms with Crippen molar-refractivity contribution in [3.05, 3.63) is 29.3 Å². The first-order valence-corrected chi connectivity index (χ1v) is 4.64. The number of oxazole rings is 1. The van der Waals surface area contributed by atoms with Crippen LogP contribution in [0.1, 0.15) is 12.5 Å². The fourth-order valence-corrected chi connectivity index (χ4v) is 1.36. The van der Waals surface area contributed by atoms with Crippen molar-refractivity contribution in [2.75, 3.05) is 5.73 Å². The third-order valence-corrected chi connectivity index (χ3v) is 2.15. The first-order chi connectivity index (χ1) is 7.56. The van der Waals surface area contributed by atoms with Crippen LogP contribution in [-0.2, 0) is 4.79 Å². The Morgan fingerprint density at radius 2 is 2.31 bits per heavy atom. The largest absolute Gasteiger partial charge is 0.478 e. The number of nitrogens with two attached hydrogens (primary N) is 1. The molecule has 5 nitrogen and oxygen atoms in total. The van der Waals surface area contributed by atoms with Crippen LogP contribution in [0.3, 0.4) is 0 Å². The van der Waals surface area contributed by atoms with Crippen LogP contribution >= 0.6 is 0 Å². The summed E-state index contributed by atoms with van der Waals surface area (Å²) >= 11 is 0. The van der Waals surface area contributed by atoms with Gasteiger partial charge in [0.25, 0.3) is 6.01 Å². The number of carboxylic acid groups (broad SMARTS) is 1. The summed E-state index contributed by atoms with van der Waals surface area (Å²) < 4.78 is 5.10. The molecule has 0 aliphatic rings. The maximum absolute atomic E-state index is 10.6. The minimum absolute atomic E-state index is 0.103. The molecule has 2 aromatic rings. The number of hydrogen-bond acceptors (Lipinski definition) is 4. The molecule has 0 unspecified atom stereocenters. The van der Waals surface area contributed by atoms with Gasteiger partial charge < -0.3 is 15.3 Å². The highest BCUT2D eigenvalue weighted by atomic mass is 16.4. The van der Waals surface area contributed by atoms with Crippen LogP contribution in [0, 0.1) is 0 Å². The molecule has 0 saturated heterocycles. The highest BCUT2D eigenvalue weighted by molar-refractivity contribution is 5.92. The number of aliphatic carboxylic acids is 1. The van der Waals surface area contributed by atoms with Crippen molar-refractivity contribution in [1.29, 1.82) is 0 Å². The molecule has 0 aliphatic carbocycles. The van der Waals surface area contributed by atoms with Crippen LogP contribution in [0.4, 0.5) is 6.01 Å². The fraction of sp³-hybridized carbons (Fsp3) is 0.0909. The van der Waals surface area contributed by atoms with E-state index in [9.17, 15) is 4.79 Å². The molecular formula is C11H10N2O3. The number of anilines is 1. The molecule has 2 rings (SSSR count). The van der Waals surface area contributed by atoms with Gasteiger partial charge in [-0.15, -0.1) is 0 Å². The van der Waals surface area contributed by atoms with Gasteiger partial charge in [0, 0.05) is 5.57 Å². The van der Waals surface area contributed by atoms with Gasteiger partial charge in [-0.25, -0.2) is 4.79 Å². The topological polar surface area (TPSA) is 89.4 Å². The lowest BCUT2D eigenvalue weighted by molar-refractivity contribution is -0.132. The Morgan fingerprint density at radius 3 is 3.00 bits per heavy atom. The summed E-state index contributed by atoms with van der Waals surface area (Å²) in [4.78, 5) is 14.6. The number of carbonyl (C=O) groups is 1. The average molecular weight is 218 g/mol. The van der Waals surface area contributed by atoms with Crippen molar-refractivity contribution in [1.82, 2.24) is 4.98 Å². The molecular weight excluding hydrogens is 208 g/mol. The lowest BCUT2D eigenvalue weighted by Gasteiger charge is -1.95. The predicted molar refractivity (Wildman–Crippen MR) is 59.7 cm³/mol. The molecule has 16 heavy (non-hydrogen) atoms. The third-order valence-electron chi connectivity index (χ3n) is 2.15. The number of rotatable bonds is 2. The number of nitrogen functional groups attached to an aromatic ring is 1. The Labute approximate surface area is 91.2 Å². The Hall–Kier alpha value is -2.30. The second-order valence-corrected chi connectivity index (χ2v) is 3.41. The normalized spacial score (nSPS) is 11.9. The van der Waals surface area contributed by atoms with E-state index in [-0.39, 0.29) is 11.6 Å². The highest BCUT2D eigenvalue weighted by Gasteiger charge is 2.04. The smallest absolute Gasteiger partial charge is 0.331 e. The summed E-state index contributed by atoms with van der Waals surface area (Å²) in [6, 6.07) is 5.28. The van der Waals surface area contributed by atoms with E-state index in [2.05, 4.69) is 4.98 Å². The molecule has 0 aliphatic heterocycles. The zero-order chi connectivity index (χ0) is 11.7. The number of nitrogens with zero attached hydrogens (tertiary/aromatic N) is 1. The lowest BCUT2D eigenvalue weighted by Crippen LogP contribution is -1.95. The predicted octanol–water partition coefficient (Wildman–Crippen LogP) is 1.90. The van der Waals surface area contributed by atoms with Crippen LogP contribution in [0.15, 0.2) is 28.2 Å². The van der Waals surface area contributed by atoms with E-state index in [1.807, 2.05) is 0 Å². The minimum atomic E-state index is -0.945. The second kappa shape index (κ2) is 3.69. The summed E-state index contributed by atoms with van der Waals surface area (Å²) in [5.74, 6) is -0.945. The van der Waals surface area contributed by atoms with E-state index in [1.54, 1.807) is 24.3 Å². The second-order valence-electron chi connectivity index (χ2n) is 3.41. The first kappa shape index (κ1) is 10.2. The van der Waals surface area contributed by atoms with Gasteiger partial charge in [-0.05, 0) is 30.7 Å². The molecule has 0 saturated carbocycles. The van der Waals surface area contributed by atoms with E-state index in [4.69, 9.17) is 15.3 Å². The number of aromatic nitrogens is 1. The lowest BCUT2D eigenvalue weighted by atomic mass is 10.1. The molecule has 0 bridgehead atoms. The maximum Gasteiger partial charge on any atom is 0.331 e. The van der Waals surface area contributed by atoms with E-state index in [0.29, 0.717) is 11.1 Å². The first-order valence-electron chi connectivity index (χ1n) is 4.64. The van der Waals surface area contributed by atoms with Gasteiger partial charge in [-0.3, -0.25) is 0 Å². The Morgan fingerprint density at radius 1 is 1.56 bits per heavy atom. The number of carboxylic acids is 1. The third kappa shape index (κ3) is 1.88. The molecule has 0 fully saturated rings. The van der Waals surface area contributed by atoms with Gasteiger partial charge in [0.05, 0.1) is 0 Å². The van der Waals surface area contributed by atoms with Crippen LogP contribution in [0.2, 0.25) is 0 Å². The summed E-state index contributed by atoms with van der Waals surface area (Å²) in [5, 5.41) is 8.74. The van der Waals surface area contributed by atoms with Crippen molar-refractivity contribution in [3.8, 4) is 0 Å². The van der Waals surface area contributed by atoms with Gasteiger partial charge in [-0.2, -0.15) is 4.98 Å². The van der Waals surface area contributed by atoms with Gasteiger partial charge in [0.1, 0.15) is 5.52 Å². The van der Waals surface area contributed by atoms with E-state index in [0.717, 1.165) is 5.56 Å². The van der Waals surface area contributed by atoms with E-state index >= 15 is 0 Å². The number of fused-ring (bicyclic) bond motifs is 1. The summed E-state index contributed by atoms with van der Waals surface area (Å²) in [6.45, 7) is 1.53. The molecule has 82 valence electrons. The molecule has 1 aromatic heterocycles. The van der Waals surface area contributed by atoms with Gasteiger partial charge in [0.2, 0.25) is 0 Å². The van der Waals surface area contributed by atoms with Gasteiger partial charge in [0.15, 0.2) is 5.58 Å². The molecule has 1 aromatic carbocycles. The number of hydrogen-bond donors (Lipinski definition) is 2. The standard InChI is InChI=1S/C11H10N2O3/c1-6(10(14)15)4-7-2-3-9-8(5-7)13-11(12)16-9/h2-5H,1H3,(H2,12,13)(H,14,15)/b6-4+. The molecule has 1 heterocycles. The minimum Gasteiger partial charge on any atom is -0.478 e. The maximum atomic E-state index is 10.6. The van der Waals surface area contributed by atoms with Crippen molar-refractivity contribution in [2.24, 2.45) is 0 Å². The van der Waals surface area contributed by atoms with Crippen molar-refractivity contribution >= 4 is 29.2 Å². The Balaban J connectivity index is 2.47. The molecule has 3 N–H and O–H groups in total. The Kier molecular flexibility index (Phi) is 2.36. The molecule has 0 amide bonds. The monoisotopic (exact) mass is 218 g/mol. The summed E-state index contributed by atoms with van der Waals surface area (Å²) in [5.41, 5.74) is 7.61. The zero-order valence-electron chi connectivity index (χ0n) is 8.60. The van der Waals surface area contributed by atoms with Crippen LogP contribution < -0.4 is 5.73 Å². The van der Waals surface area contributed by atoms with Crippen LogP contribution in [0.25, 0.3) is 17.2 Å². The molecule has 0 spiro atoms. The van der Waals surface area contributed by atoms with Crippen molar-refractivity contribution < 1.29 is 14.3 Å². The molecule has 0 radical (unpaired) electrons. The average Bonchev–Trinajstić information content (AvgIpc) is 2.57. The highest BCUT2D eigenvalue weighted by Crippen LogP contribution is 2.19. The Bertz CT molecular complexity index is 584. The molecule has 5 heteroatoms. The summed E-state index contributed by atoms with van der Waals surface area (Å²) in [6.07, 6.45) is 1.56. The van der Waals surface area contributed by atoms with E-state index < -0.39 is 5.97 Å². The quantitative estimate of drug-likeness (QED) is 0.751. The SMILES string of the molecule is C/C(=C\c1ccc2oc(N)nc2c1)C(=O)O. The van der Waals surface area contributed by atoms with Crippen molar-refractivity contribution in [2.45, 2.75) is 6.92 Å². The van der Waals surface area contributed by atoms with Crippen LogP contribution in [0.5, 0.6) is 0 Å². The van der Waals surface area contributed by atoms with E-state index in [1.165, 1.54) is 6.92 Å². The van der Waals surface area contributed by atoms with Gasteiger partial charge in [-0.1, -0.05) is 6.07 Å². The van der Waals surface area contributed by atoms with Crippen LogP contribution in [-0.4, -0.2) is 16.1 Å². The summed E-state index contributed by atoms with van der Waals surface area (Å²) in [7, 11) is 0. The fourth-order valence-electron chi connectivity index (χ4n) is 1.36. The van der Waals surface area contributed by atoms with Gasteiger partial charge >= 0.3 is 5.97 Å². The molecule has 0 atom stereocenters. The van der Waals surface area contributed by atoms with Crippen molar-refractivity contribution in [3.63, 3.8) is 0 Å².